The molecule has 0 bridgehead atoms. The van der Waals surface area contributed by atoms with Crippen LogP contribution in [0.2, 0.25) is 0 Å². The lowest BCUT2D eigenvalue weighted by molar-refractivity contribution is -0.117. The third-order valence-corrected chi connectivity index (χ3v) is 5.39. The fourth-order valence-corrected chi connectivity index (χ4v) is 3.52. The van der Waals surface area contributed by atoms with Gasteiger partial charge in [-0.25, -0.2) is 4.99 Å². The van der Waals surface area contributed by atoms with Gasteiger partial charge in [-0.2, -0.15) is 5.26 Å². The molecular weight excluding hydrogens is 428 g/mol. The molecule has 0 spiro atoms. The van der Waals surface area contributed by atoms with Gasteiger partial charge in [-0.3, -0.25) is 9.59 Å². The van der Waals surface area contributed by atoms with E-state index in [1.165, 1.54) is 0 Å². The van der Waals surface area contributed by atoms with Crippen LogP contribution < -0.4 is 15.4 Å². The molecule has 168 valence electrons. The zero-order valence-corrected chi connectivity index (χ0v) is 18.8. The van der Waals surface area contributed by atoms with E-state index in [-0.39, 0.29) is 23.7 Å². The first-order valence-corrected chi connectivity index (χ1v) is 10.6. The lowest BCUT2D eigenvalue weighted by Gasteiger charge is -2.07. The molecule has 0 aromatic heterocycles. The number of nitriles is 1. The zero-order valence-electron chi connectivity index (χ0n) is 18.8. The number of nitrogens with one attached hydrogen (secondary N) is 2. The third kappa shape index (κ3) is 4.71. The molecule has 0 fully saturated rings. The molecule has 1 aliphatic rings. The van der Waals surface area contributed by atoms with Crippen molar-refractivity contribution in [2.24, 2.45) is 4.99 Å². The number of amides is 2. The fraction of sp³-hybridized carbons (Fsp3) is 0.111. The Hall–Kier alpha value is -4.70. The predicted molar refractivity (Wildman–Crippen MR) is 129 cm³/mol. The summed E-state index contributed by atoms with van der Waals surface area (Å²) < 4.78 is 5.14. The van der Waals surface area contributed by atoms with Crippen LogP contribution in [0.1, 0.15) is 32.6 Å². The van der Waals surface area contributed by atoms with Gasteiger partial charge in [-0.1, -0.05) is 54.1 Å². The topological polar surface area (TPSA) is 104 Å². The highest BCUT2D eigenvalue weighted by Gasteiger charge is 2.27. The molecule has 0 saturated carbocycles. The number of amidine groups is 1. The van der Waals surface area contributed by atoms with Crippen LogP contribution >= 0.6 is 0 Å². The highest BCUT2D eigenvalue weighted by atomic mass is 16.5. The normalized spacial score (nSPS) is 13.3. The average Bonchev–Trinajstić information content (AvgIpc) is 3.22. The molecule has 0 unspecified atom stereocenters. The maximum atomic E-state index is 12.9. The fourth-order valence-electron chi connectivity index (χ4n) is 3.52. The molecular formula is C27H22N4O3. The Bertz CT molecular complexity index is 1350. The Kier molecular flexibility index (Phi) is 6.51. The highest BCUT2D eigenvalue weighted by molar-refractivity contribution is 6.20. The number of methoxy groups -OCH3 is 1. The number of fused-ring (bicyclic) bond motifs is 1. The summed E-state index contributed by atoms with van der Waals surface area (Å²) in [4.78, 5) is 30.1. The Morgan fingerprint density at radius 1 is 0.971 bits per heavy atom. The van der Waals surface area contributed by atoms with E-state index >= 15 is 0 Å². The van der Waals surface area contributed by atoms with Crippen LogP contribution in [0.5, 0.6) is 5.75 Å². The van der Waals surface area contributed by atoms with Crippen molar-refractivity contribution >= 4 is 23.3 Å². The molecule has 2 amide bonds. The minimum atomic E-state index is -0.544. The Morgan fingerprint density at radius 3 is 2.29 bits per heavy atom. The maximum Gasteiger partial charge on any atom is 0.264 e. The number of hydrogen-bond donors (Lipinski definition) is 2. The van der Waals surface area contributed by atoms with E-state index in [0.29, 0.717) is 28.3 Å². The second kappa shape index (κ2) is 9.84. The number of ether oxygens (including phenoxy) is 1. The van der Waals surface area contributed by atoms with Crippen LogP contribution in [0, 0.1) is 18.3 Å². The lowest BCUT2D eigenvalue weighted by atomic mass is 10.0. The van der Waals surface area contributed by atoms with Crippen LogP contribution in [0.4, 0.5) is 0 Å². The Labute approximate surface area is 197 Å². The average molecular weight is 450 g/mol. The van der Waals surface area contributed by atoms with E-state index < -0.39 is 5.91 Å². The van der Waals surface area contributed by atoms with Gasteiger partial charge in [-0.15, -0.1) is 0 Å². The first kappa shape index (κ1) is 22.5. The van der Waals surface area contributed by atoms with Crippen molar-refractivity contribution in [2.45, 2.75) is 13.5 Å². The number of hydrogen-bond acceptors (Lipinski definition) is 5. The van der Waals surface area contributed by atoms with Crippen LogP contribution in [0.3, 0.4) is 0 Å². The van der Waals surface area contributed by atoms with Gasteiger partial charge < -0.3 is 15.4 Å². The number of carbonyl (C=O) groups is 2. The van der Waals surface area contributed by atoms with Gasteiger partial charge in [0.2, 0.25) is 0 Å². The first-order valence-electron chi connectivity index (χ1n) is 10.6. The molecule has 7 nitrogen and oxygen atoms in total. The van der Waals surface area contributed by atoms with Crippen LogP contribution in [0.25, 0.3) is 5.70 Å². The summed E-state index contributed by atoms with van der Waals surface area (Å²) >= 11 is 0. The molecule has 0 atom stereocenters. The number of carbonyl (C=O) groups excluding carboxylic acids is 2. The smallest absolute Gasteiger partial charge is 0.264 e. The molecule has 7 heteroatoms. The van der Waals surface area contributed by atoms with Crippen molar-refractivity contribution < 1.29 is 14.3 Å². The van der Waals surface area contributed by atoms with Crippen LogP contribution in [-0.2, 0) is 11.3 Å². The number of nitrogens with zero attached hydrogens (tertiary/aromatic N) is 2. The van der Waals surface area contributed by atoms with Gasteiger partial charge >= 0.3 is 0 Å². The van der Waals surface area contributed by atoms with Crippen LogP contribution in [0.15, 0.2) is 83.4 Å². The van der Waals surface area contributed by atoms with E-state index in [0.717, 1.165) is 11.1 Å². The van der Waals surface area contributed by atoms with Gasteiger partial charge in [0.15, 0.2) is 0 Å². The molecule has 1 heterocycles. The molecule has 0 radical (unpaired) electrons. The number of aliphatic imine (C=N–C) groups is 1. The van der Waals surface area contributed by atoms with Gasteiger partial charge in [0.1, 0.15) is 23.2 Å². The molecule has 3 aromatic rings. The minimum absolute atomic E-state index is 0.124. The van der Waals surface area contributed by atoms with Crippen LogP contribution in [-0.4, -0.2) is 24.8 Å². The summed E-state index contributed by atoms with van der Waals surface area (Å²) in [7, 11) is 1.58. The summed E-state index contributed by atoms with van der Waals surface area (Å²) in [5.74, 6) is 0.147. The quantitative estimate of drug-likeness (QED) is 0.456. The summed E-state index contributed by atoms with van der Waals surface area (Å²) in [5, 5.41) is 15.4. The number of benzene rings is 3. The monoisotopic (exact) mass is 450 g/mol. The standard InChI is InChI=1S/C27H22N4O3/c1-17-7-11-19(12-8-17)26(32)31-25-22-6-4-3-5-21(22)24(30-25)23(15-28)27(33)29-16-18-9-13-20(34-2)14-10-18/h3-14H,16H2,1-2H3,(H,29,33)(H,30,31,32). The van der Waals surface area contributed by atoms with Crippen molar-refractivity contribution in [2.75, 3.05) is 7.11 Å². The first-order chi connectivity index (χ1) is 16.5. The van der Waals surface area contributed by atoms with E-state index in [2.05, 4.69) is 15.6 Å². The van der Waals surface area contributed by atoms with Gasteiger partial charge in [0.25, 0.3) is 11.8 Å². The summed E-state index contributed by atoms with van der Waals surface area (Å²) in [6.07, 6.45) is 0. The molecule has 3 aromatic carbocycles. The third-order valence-electron chi connectivity index (χ3n) is 5.39. The zero-order chi connectivity index (χ0) is 24.1. The SMILES string of the molecule is COc1ccc(CNC(=O)C(C#N)=C2N=C(NC(=O)c3ccc(C)cc3)c3ccccc32)cc1. The van der Waals surface area contributed by atoms with Gasteiger partial charge in [-0.05, 0) is 36.8 Å². The van der Waals surface area contributed by atoms with Gasteiger partial charge in [0, 0.05) is 23.2 Å². The molecule has 4 rings (SSSR count). The number of aryl methyl sites for hydroxylation is 1. The lowest BCUT2D eigenvalue weighted by Crippen LogP contribution is -2.30. The van der Waals surface area contributed by atoms with Crippen molar-refractivity contribution in [3.63, 3.8) is 0 Å². The van der Waals surface area contributed by atoms with E-state index in [9.17, 15) is 14.9 Å². The summed E-state index contributed by atoms with van der Waals surface area (Å²) in [6.45, 7) is 2.18. The molecule has 1 aliphatic heterocycles. The number of rotatable bonds is 5. The molecule has 34 heavy (non-hydrogen) atoms. The minimum Gasteiger partial charge on any atom is -0.497 e. The Morgan fingerprint density at radius 2 is 1.65 bits per heavy atom. The Balaban J connectivity index is 1.59. The second-order valence-corrected chi connectivity index (χ2v) is 7.69. The van der Waals surface area contributed by atoms with Crippen molar-refractivity contribution in [1.29, 1.82) is 5.26 Å². The molecule has 2 N–H and O–H groups in total. The van der Waals surface area contributed by atoms with Gasteiger partial charge in [0.05, 0.1) is 12.8 Å². The van der Waals surface area contributed by atoms with Crippen molar-refractivity contribution in [1.82, 2.24) is 10.6 Å². The van der Waals surface area contributed by atoms with E-state index in [1.807, 2.05) is 43.3 Å². The molecule has 0 aliphatic carbocycles. The molecule has 0 saturated heterocycles. The van der Waals surface area contributed by atoms with Crippen molar-refractivity contribution in [3.8, 4) is 11.8 Å². The van der Waals surface area contributed by atoms with E-state index in [4.69, 9.17) is 4.74 Å². The highest BCUT2D eigenvalue weighted by Crippen LogP contribution is 2.30. The summed E-state index contributed by atoms with van der Waals surface area (Å²) in [5.41, 5.74) is 3.75. The van der Waals surface area contributed by atoms with Crippen molar-refractivity contribution in [3.05, 3.63) is 106 Å². The predicted octanol–water partition coefficient (Wildman–Crippen LogP) is 3.74. The largest absolute Gasteiger partial charge is 0.497 e. The second-order valence-electron chi connectivity index (χ2n) is 7.69. The summed E-state index contributed by atoms with van der Waals surface area (Å²) in [6, 6.07) is 23.6. The van der Waals surface area contributed by atoms with E-state index in [1.54, 1.807) is 49.6 Å². The maximum absolute atomic E-state index is 12.9.